The Kier molecular flexibility index (Phi) is 9.97. The topological polar surface area (TPSA) is 139 Å². The van der Waals surface area contributed by atoms with Gasteiger partial charge < -0.3 is 30.5 Å². The van der Waals surface area contributed by atoms with Crippen LogP contribution in [0.2, 0.25) is 0 Å². The van der Waals surface area contributed by atoms with E-state index in [9.17, 15) is 14.9 Å². The van der Waals surface area contributed by atoms with Gasteiger partial charge in [-0.25, -0.2) is 9.37 Å². The van der Waals surface area contributed by atoms with E-state index in [1.807, 2.05) is 53.8 Å². The van der Waals surface area contributed by atoms with Crippen LogP contribution in [0, 0.1) is 17.1 Å². The molecule has 1 aromatic heterocycles. The van der Waals surface area contributed by atoms with E-state index in [2.05, 4.69) is 38.6 Å². The number of carbonyl (C=O) groups is 2. The maximum absolute atomic E-state index is 15.7. The second kappa shape index (κ2) is 14.3. The predicted octanol–water partition coefficient (Wildman–Crippen LogP) is 4.63. The zero-order valence-corrected chi connectivity index (χ0v) is 26.2. The second-order valence-corrected chi connectivity index (χ2v) is 11.6. The number of benzene rings is 2. The molecule has 0 saturated carbocycles. The Morgan fingerprint density at radius 1 is 1.13 bits per heavy atom. The van der Waals surface area contributed by atoms with E-state index in [4.69, 9.17) is 4.74 Å². The van der Waals surface area contributed by atoms with E-state index >= 15 is 4.39 Å². The van der Waals surface area contributed by atoms with Gasteiger partial charge in [0.25, 0.3) is 0 Å². The zero-order valence-electron chi connectivity index (χ0n) is 26.2. The van der Waals surface area contributed by atoms with Gasteiger partial charge in [-0.2, -0.15) is 10.2 Å². The number of hydrogen-bond donors (Lipinski definition) is 3. The summed E-state index contributed by atoms with van der Waals surface area (Å²) in [6, 6.07) is 12.3. The Morgan fingerprint density at radius 2 is 1.89 bits per heavy atom. The maximum Gasteiger partial charge on any atom is 0.247 e. The number of nitrogens with zero attached hydrogens (tertiary/aromatic N) is 6. The van der Waals surface area contributed by atoms with E-state index in [1.165, 1.54) is 12.3 Å². The number of hydrogen-bond acceptors (Lipinski definition) is 10. The number of likely N-dealkylation sites (N-methyl/N-ethyl adjacent to an activating group) is 1. The fraction of sp³-hybridized carbons (Fsp3) is 0.364. The molecule has 3 aromatic rings. The van der Waals surface area contributed by atoms with Crippen molar-refractivity contribution in [3.63, 3.8) is 0 Å². The van der Waals surface area contributed by atoms with Gasteiger partial charge in [0.15, 0.2) is 5.82 Å². The van der Waals surface area contributed by atoms with Crippen LogP contribution < -0.4 is 25.6 Å². The Hall–Kier alpha value is -5.22. The molecule has 2 saturated heterocycles. The Morgan fingerprint density at radius 3 is 2.59 bits per heavy atom. The molecule has 0 atom stereocenters. The minimum absolute atomic E-state index is 0.0719. The Labute approximate surface area is 267 Å². The normalized spacial score (nSPS) is 15.8. The third kappa shape index (κ3) is 7.52. The molecule has 240 valence electrons. The highest BCUT2D eigenvalue weighted by atomic mass is 19.1. The van der Waals surface area contributed by atoms with Gasteiger partial charge in [0.2, 0.25) is 17.8 Å². The van der Waals surface area contributed by atoms with E-state index < -0.39 is 11.7 Å². The van der Waals surface area contributed by atoms with Crippen molar-refractivity contribution >= 4 is 46.3 Å². The van der Waals surface area contributed by atoms with Gasteiger partial charge in [0.1, 0.15) is 23.2 Å². The average molecular weight is 628 g/mol. The predicted molar refractivity (Wildman–Crippen MR) is 175 cm³/mol. The van der Waals surface area contributed by atoms with E-state index in [1.54, 1.807) is 12.1 Å². The van der Waals surface area contributed by atoms with Crippen molar-refractivity contribution in [2.45, 2.75) is 38.8 Å². The summed E-state index contributed by atoms with van der Waals surface area (Å²) in [6.45, 7) is 10.4. The summed E-state index contributed by atoms with van der Waals surface area (Å²) in [5.41, 5.74) is 1.64. The maximum atomic E-state index is 15.7. The molecule has 2 aromatic carbocycles. The van der Waals surface area contributed by atoms with Crippen LogP contribution in [-0.2, 0) is 9.59 Å². The monoisotopic (exact) mass is 627 g/mol. The van der Waals surface area contributed by atoms with Crippen LogP contribution in [0.25, 0.3) is 0 Å². The lowest BCUT2D eigenvalue weighted by atomic mass is 10.0. The molecule has 2 amide bonds. The Balaban J connectivity index is 1.38. The van der Waals surface area contributed by atoms with E-state index in [-0.39, 0.29) is 41.1 Å². The highest BCUT2D eigenvalue weighted by molar-refractivity contribution is 6.02. The van der Waals surface area contributed by atoms with Crippen LogP contribution in [0.1, 0.15) is 32.3 Å². The van der Waals surface area contributed by atoms with Crippen molar-refractivity contribution in [3.05, 3.63) is 66.6 Å². The lowest BCUT2D eigenvalue weighted by Crippen LogP contribution is -2.55. The molecule has 0 bridgehead atoms. The molecule has 2 aliphatic rings. The fourth-order valence-corrected chi connectivity index (χ4v) is 5.60. The number of carbonyl (C=O) groups excluding carboxylic acids is 2. The number of rotatable bonds is 10. The number of nitriles is 1. The van der Waals surface area contributed by atoms with Gasteiger partial charge in [-0.3, -0.25) is 14.5 Å². The van der Waals surface area contributed by atoms with Crippen LogP contribution in [-0.4, -0.2) is 83.5 Å². The SMILES string of the molecule is C=CC(=O)Nc1cc(N2CCC(N3CCN(C)CC3=O)CC2)c(F)cc1Nc1ncc(C#N)c(Nc2ccccc2OC(C)C)n1. The summed E-state index contributed by atoms with van der Waals surface area (Å²) in [7, 11) is 1.94. The third-order valence-corrected chi connectivity index (χ3v) is 7.88. The van der Waals surface area contributed by atoms with Gasteiger partial charge >= 0.3 is 0 Å². The molecule has 3 N–H and O–H groups in total. The molecule has 0 unspecified atom stereocenters. The van der Waals surface area contributed by atoms with Crippen LogP contribution in [0.15, 0.2) is 55.3 Å². The zero-order chi connectivity index (χ0) is 32.8. The molecule has 46 heavy (non-hydrogen) atoms. The van der Waals surface area contributed by atoms with Crippen molar-refractivity contribution in [2.24, 2.45) is 0 Å². The molecular formula is C33H38FN9O3. The summed E-state index contributed by atoms with van der Waals surface area (Å²) in [4.78, 5) is 39.6. The molecule has 0 radical (unpaired) electrons. The van der Waals surface area contributed by atoms with Gasteiger partial charge in [-0.05, 0) is 58.0 Å². The van der Waals surface area contributed by atoms with E-state index in [0.717, 1.165) is 12.6 Å². The molecule has 2 aliphatic heterocycles. The van der Waals surface area contributed by atoms with Crippen molar-refractivity contribution in [3.8, 4) is 11.8 Å². The minimum atomic E-state index is -0.500. The molecule has 13 heteroatoms. The first-order chi connectivity index (χ1) is 22.1. The van der Waals surface area contributed by atoms with Gasteiger partial charge in [0.05, 0.1) is 41.6 Å². The largest absolute Gasteiger partial charge is 0.489 e. The molecule has 12 nitrogen and oxygen atoms in total. The lowest BCUT2D eigenvalue weighted by molar-refractivity contribution is -0.138. The van der Waals surface area contributed by atoms with Crippen molar-refractivity contribution in [1.29, 1.82) is 5.26 Å². The molecular weight excluding hydrogens is 589 g/mol. The van der Waals surface area contributed by atoms with Crippen molar-refractivity contribution in [2.75, 3.05) is 60.6 Å². The number of ether oxygens (including phenoxy) is 1. The first-order valence-electron chi connectivity index (χ1n) is 15.2. The number of piperazine rings is 1. The standard InChI is InChI=1S/C33H38FN9O3/c1-5-30(44)37-27-17-28(42-12-10-23(11-13-42)43-15-14-41(4)20-31(43)45)24(34)16-26(27)39-33-36-19-22(18-35)32(40-33)38-25-8-6-7-9-29(25)46-21(2)3/h5-9,16-17,19,21,23H,1,10-15,20H2,2-4H3,(H,37,44)(H2,36,38,39,40). The number of anilines is 6. The lowest BCUT2D eigenvalue weighted by Gasteiger charge is -2.42. The minimum Gasteiger partial charge on any atom is -0.489 e. The average Bonchev–Trinajstić information content (AvgIpc) is 3.03. The molecule has 3 heterocycles. The summed E-state index contributed by atoms with van der Waals surface area (Å²) >= 11 is 0. The second-order valence-electron chi connectivity index (χ2n) is 11.6. The first kappa shape index (κ1) is 32.2. The fourth-order valence-electron chi connectivity index (χ4n) is 5.60. The summed E-state index contributed by atoms with van der Waals surface area (Å²) in [5, 5.41) is 18.6. The highest BCUT2D eigenvalue weighted by Gasteiger charge is 2.32. The quantitative estimate of drug-likeness (QED) is 0.273. The van der Waals surface area contributed by atoms with E-state index in [0.29, 0.717) is 61.8 Å². The smallest absolute Gasteiger partial charge is 0.247 e. The number of para-hydroxylation sites is 2. The van der Waals surface area contributed by atoms with Gasteiger partial charge in [-0.15, -0.1) is 0 Å². The summed E-state index contributed by atoms with van der Waals surface area (Å²) in [5.74, 6) is 0.0242. The van der Waals surface area contributed by atoms with Gasteiger partial charge in [-0.1, -0.05) is 18.7 Å². The first-order valence-corrected chi connectivity index (χ1v) is 15.2. The number of amides is 2. The third-order valence-electron chi connectivity index (χ3n) is 7.88. The Bertz CT molecular complexity index is 1650. The number of halogens is 1. The van der Waals surface area contributed by atoms with Crippen molar-refractivity contribution < 1.29 is 18.7 Å². The molecule has 0 spiro atoms. The number of aromatic nitrogens is 2. The van der Waals surface area contributed by atoms with Crippen LogP contribution in [0.4, 0.5) is 38.9 Å². The summed E-state index contributed by atoms with van der Waals surface area (Å²) in [6.07, 6.45) is 3.83. The van der Waals surface area contributed by atoms with Crippen LogP contribution in [0.5, 0.6) is 5.75 Å². The number of piperidine rings is 1. The summed E-state index contributed by atoms with van der Waals surface area (Å²) < 4.78 is 21.6. The van der Waals surface area contributed by atoms with Crippen molar-refractivity contribution in [1.82, 2.24) is 19.8 Å². The molecule has 5 rings (SSSR count). The van der Waals surface area contributed by atoms with Gasteiger partial charge in [0, 0.05) is 38.3 Å². The molecule has 0 aliphatic carbocycles. The highest BCUT2D eigenvalue weighted by Crippen LogP contribution is 2.35. The number of nitrogens with one attached hydrogen (secondary N) is 3. The van der Waals surface area contributed by atoms with Crippen LogP contribution in [0.3, 0.4) is 0 Å². The molecule has 2 fully saturated rings. The van der Waals surface area contributed by atoms with Crippen LogP contribution >= 0.6 is 0 Å².